The van der Waals surface area contributed by atoms with Crippen molar-refractivity contribution in [2.75, 3.05) is 59.5 Å². The highest BCUT2D eigenvalue weighted by Gasteiger charge is 2.51. The Hall–Kier alpha value is -0.300. The van der Waals surface area contributed by atoms with Gasteiger partial charge in [0.15, 0.2) is 0 Å². The summed E-state index contributed by atoms with van der Waals surface area (Å²) in [5.41, 5.74) is 0.364. The van der Waals surface area contributed by atoms with Crippen LogP contribution in [0.1, 0.15) is 88.0 Å². The van der Waals surface area contributed by atoms with Crippen molar-refractivity contribution >= 4 is 0 Å². The van der Waals surface area contributed by atoms with Crippen LogP contribution in [-0.2, 0) is 4.74 Å². The molecule has 3 aliphatic heterocycles. The average Bonchev–Trinajstić information content (AvgIpc) is 3.23. The molecule has 0 radical (unpaired) electrons. The van der Waals surface area contributed by atoms with Crippen molar-refractivity contribution in [1.29, 1.82) is 0 Å². The van der Waals surface area contributed by atoms with Crippen molar-refractivity contribution in [3.05, 3.63) is 0 Å². The van der Waals surface area contributed by atoms with E-state index in [0.29, 0.717) is 18.6 Å². The summed E-state index contributed by atoms with van der Waals surface area (Å²) in [6.45, 7) is 24.6. The molecule has 0 amide bonds. The van der Waals surface area contributed by atoms with Crippen LogP contribution >= 0.6 is 0 Å². The van der Waals surface area contributed by atoms with E-state index in [1.807, 2.05) is 53.4 Å². The normalized spacial score (nSPS) is 25.7. The van der Waals surface area contributed by atoms with Crippen molar-refractivity contribution in [1.82, 2.24) is 14.7 Å². The van der Waals surface area contributed by atoms with Crippen LogP contribution in [0.5, 0.6) is 0 Å². The van der Waals surface area contributed by atoms with Gasteiger partial charge in [-0.3, -0.25) is 4.90 Å². The molecule has 3 fully saturated rings. The average molecular weight is 464 g/mol. The summed E-state index contributed by atoms with van der Waals surface area (Å²) in [5.74, 6) is -2.73. The summed E-state index contributed by atoms with van der Waals surface area (Å²) in [7, 11) is 2.19. The highest BCUT2D eigenvalue weighted by molar-refractivity contribution is 4.96. The van der Waals surface area contributed by atoms with Gasteiger partial charge < -0.3 is 14.5 Å². The fraction of sp³-hybridized carbons (Fsp3) is 1.00. The van der Waals surface area contributed by atoms with Gasteiger partial charge in [0.2, 0.25) is 0 Å². The zero-order valence-electron chi connectivity index (χ0n) is 23.1. The summed E-state index contributed by atoms with van der Waals surface area (Å²) in [5, 5.41) is 0. The van der Waals surface area contributed by atoms with Gasteiger partial charge in [0.1, 0.15) is 6.10 Å². The van der Waals surface area contributed by atoms with Crippen molar-refractivity contribution in [3.8, 4) is 0 Å². The van der Waals surface area contributed by atoms with Crippen LogP contribution < -0.4 is 0 Å². The lowest BCUT2D eigenvalue weighted by atomic mass is 9.93. The molecule has 3 rings (SSSR count). The predicted molar refractivity (Wildman–Crippen MR) is 135 cm³/mol. The molecule has 194 valence electrons. The quantitative estimate of drug-likeness (QED) is 0.508. The number of hydrogen-bond acceptors (Lipinski definition) is 4. The first-order valence-electron chi connectivity index (χ1n) is 13.0. The summed E-state index contributed by atoms with van der Waals surface area (Å²) >= 11 is 0. The minimum Gasteiger partial charge on any atom is -0.369 e. The van der Waals surface area contributed by atoms with Crippen LogP contribution in [0.4, 0.5) is 8.78 Å². The molecule has 6 heteroatoms. The maximum atomic E-state index is 14.0. The highest BCUT2D eigenvalue weighted by Crippen LogP contribution is 2.34. The molecule has 0 saturated carbocycles. The molecule has 0 spiro atoms. The number of hydrogen-bond donors (Lipinski definition) is 0. The molecule has 0 aromatic heterocycles. The standard InChI is InChI=1S/C15H28F2N2O.C7H15N.2C2H6/c1-14(2,3)19-11-13(15(16,17)12-19)20-10-9-18-7-5-4-6-8-18;1-7(2)4-5-8(3)6-7;2*1-2/h13H,4-12H2,1-3H3;4-6H2,1-3H3;2*1-2H3. The van der Waals surface area contributed by atoms with Gasteiger partial charge in [0.05, 0.1) is 13.2 Å². The molecule has 4 nitrogen and oxygen atoms in total. The van der Waals surface area contributed by atoms with E-state index in [1.54, 1.807) is 0 Å². The van der Waals surface area contributed by atoms with Gasteiger partial charge >= 0.3 is 0 Å². The summed E-state index contributed by atoms with van der Waals surface area (Å²) < 4.78 is 33.5. The van der Waals surface area contributed by atoms with Crippen LogP contribution in [-0.4, -0.2) is 91.7 Å². The zero-order chi connectivity index (χ0) is 25.0. The number of ether oxygens (including phenoxy) is 1. The Kier molecular flexibility index (Phi) is 14.7. The van der Waals surface area contributed by atoms with E-state index in [4.69, 9.17) is 4.74 Å². The Morgan fingerprint density at radius 1 is 0.906 bits per heavy atom. The topological polar surface area (TPSA) is 19.0 Å². The molecule has 3 heterocycles. The van der Waals surface area contributed by atoms with E-state index in [9.17, 15) is 8.78 Å². The number of nitrogens with zero attached hydrogens (tertiary/aromatic N) is 3. The van der Waals surface area contributed by atoms with Crippen molar-refractivity contribution < 1.29 is 13.5 Å². The second-order valence-corrected chi connectivity index (χ2v) is 10.7. The van der Waals surface area contributed by atoms with E-state index in [1.165, 1.54) is 38.8 Å². The molecule has 1 unspecified atom stereocenters. The lowest BCUT2D eigenvalue weighted by molar-refractivity contribution is -0.108. The van der Waals surface area contributed by atoms with Gasteiger partial charge in [0.25, 0.3) is 5.92 Å². The third-order valence-corrected chi connectivity index (χ3v) is 6.25. The van der Waals surface area contributed by atoms with Gasteiger partial charge in [-0.25, -0.2) is 8.78 Å². The first-order chi connectivity index (χ1) is 14.9. The predicted octanol–water partition coefficient (Wildman–Crippen LogP) is 6.01. The van der Waals surface area contributed by atoms with Crippen LogP contribution in [0.25, 0.3) is 0 Å². The Labute approximate surface area is 199 Å². The molecule has 0 N–H and O–H groups in total. The van der Waals surface area contributed by atoms with Crippen LogP contribution in [0, 0.1) is 5.41 Å². The molecular weight excluding hydrogens is 408 g/mol. The molecule has 0 aromatic carbocycles. The lowest BCUT2D eigenvalue weighted by Crippen LogP contribution is -2.40. The van der Waals surface area contributed by atoms with Crippen molar-refractivity contribution in [2.45, 2.75) is 106 Å². The fourth-order valence-electron chi connectivity index (χ4n) is 4.33. The minimum absolute atomic E-state index is 0.190. The number of alkyl halides is 2. The van der Waals surface area contributed by atoms with Gasteiger partial charge in [-0.05, 0) is 72.1 Å². The van der Waals surface area contributed by atoms with E-state index < -0.39 is 12.0 Å². The third kappa shape index (κ3) is 11.7. The maximum absolute atomic E-state index is 14.0. The molecule has 0 aromatic rings. The molecule has 32 heavy (non-hydrogen) atoms. The Bertz CT molecular complexity index is 474. The van der Waals surface area contributed by atoms with E-state index in [0.717, 1.165) is 19.6 Å². The second-order valence-electron chi connectivity index (χ2n) is 10.7. The van der Waals surface area contributed by atoms with Crippen LogP contribution in [0.3, 0.4) is 0 Å². The van der Waals surface area contributed by atoms with E-state index >= 15 is 0 Å². The number of rotatable bonds is 4. The minimum atomic E-state index is -2.73. The molecule has 3 aliphatic rings. The number of likely N-dealkylation sites (tertiary alicyclic amines) is 3. The SMILES string of the molecule is CC.CC.CC(C)(C)N1CC(OCCN2CCCCC2)C(F)(F)C1.CN1CCC(C)(C)C1. The largest absolute Gasteiger partial charge is 0.369 e. The Morgan fingerprint density at radius 2 is 1.47 bits per heavy atom. The maximum Gasteiger partial charge on any atom is 0.287 e. The second kappa shape index (κ2) is 14.9. The van der Waals surface area contributed by atoms with Crippen LogP contribution in [0.15, 0.2) is 0 Å². The highest BCUT2D eigenvalue weighted by atomic mass is 19.3. The first kappa shape index (κ1) is 31.7. The lowest BCUT2D eigenvalue weighted by Gasteiger charge is -2.31. The molecule has 3 saturated heterocycles. The molecule has 0 aliphatic carbocycles. The number of halogens is 2. The Morgan fingerprint density at radius 3 is 1.84 bits per heavy atom. The molecule has 0 bridgehead atoms. The molecule has 1 atom stereocenters. The summed E-state index contributed by atoms with van der Waals surface area (Å²) in [6.07, 6.45) is 4.14. The van der Waals surface area contributed by atoms with Gasteiger partial charge in [0, 0.05) is 25.2 Å². The molecular formula is C26H55F2N3O. The summed E-state index contributed by atoms with van der Waals surface area (Å²) in [6, 6.07) is 0. The van der Waals surface area contributed by atoms with E-state index in [-0.39, 0.29) is 12.1 Å². The summed E-state index contributed by atoms with van der Waals surface area (Å²) in [4.78, 5) is 6.52. The van der Waals surface area contributed by atoms with Gasteiger partial charge in [-0.15, -0.1) is 0 Å². The zero-order valence-corrected chi connectivity index (χ0v) is 23.1. The third-order valence-electron chi connectivity index (χ3n) is 6.25. The van der Waals surface area contributed by atoms with Gasteiger partial charge in [-0.1, -0.05) is 48.0 Å². The van der Waals surface area contributed by atoms with Gasteiger partial charge in [-0.2, -0.15) is 0 Å². The van der Waals surface area contributed by atoms with E-state index in [2.05, 4.69) is 30.7 Å². The smallest absolute Gasteiger partial charge is 0.287 e. The number of piperidine rings is 1. The van der Waals surface area contributed by atoms with Crippen LogP contribution in [0.2, 0.25) is 0 Å². The van der Waals surface area contributed by atoms with Crippen molar-refractivity contribution in [2.24, 2.45) is 5.41 Å². The van der Waals surface area contributed by atoms with Crippen molar-refractivity contribution in [3.63, 3.8) is 0 Å². The first-order valence-corrected chi connectivity index (χ1v) is 13.0. The monoisotopic (exact) mass is 463 g/mol. The Balaban J connectivity index is 0.000000666. The fourth-order valence-corrected chi connectivity index (χ4v) is 4.33.